The van der Waals surface area contributed by atoms with Gasteiger partial charge in [0.2, 0.25) is 5.91 Å². The van der Waals surface area contributed by atoms with Crippen LogP contribution in [-0.2, 0) is 9.53 Å². The van der Waals surface area contributed by atoms with Gasteiger partial charge in [0.1, 0.15) is 11.9 Å². The van der Waals surface area contributed by atoms with Gasteiger partial charge in [0, 0.05) is 7.11 Å². The molecule has 2 rings (SSSR count). The molecule has 1 aromatic rings. The first-order chi connectivity index (χ1) is 11.6. The average Bonchev–Trinajstić information content (AvgIpc) is 2.61. The molecule has 24 heavy (non-hydrogen) atoms. The van der Waals surface area contributed by atoms with Crippen LogP contribution in [0.1, 0.15) is 31.7 Å². The minimum absolute atomic E-state index is 0.0311. The van der Waals surface area contributed by atoms with Crippen molar-refractivity contribution >= 4 is 5.91 Å². The Morgan fingerprint density at radius 1 is 1.33 bits per heavy atom. The summed E-state index contributed by atoms with van der Waals surface area (Å²) in [6, 6.07) is 7.97. The predicted molar refractivity (Wildman–Crippen MR) is 95.3 cm³/mol. The molecule has 1 amide bonds. The normalized spacial score (nSPS) is 18.0. The maximum Gasteiger partial charge on any atom is 0.228 e. The number of rotatable bonds is 8. The summed E-state index contributed by atoms with van der Waals surface area (Å²) in [5, 5.41) is 6.40. The Labute approximate surface area is 145 Å². The number of ether oxygens (including phenoxy) is 2. The van der Waals surface area contributed by atoms with Crippen molar-refractivity contribution in [1.29, 1.82) is 0 Å². The number of piperidine rings is 1. The second kappa shape index (κ2) is 9.04. The van der Waals surface area contributed by atoms with Crippen molar-refractivity contribution in [2.75, 3.05) is 33.4 Å². The van der Waals surface area contributed by atoms with E-state index in [4.69, 9.17) is 9.47 Å². The van der Waals surface area contributed by atoms with E-state index in [0.29, 0.717) is 13.2 Å². The van der Waals surface area contributed by atoms with Crippen molar-refractivity contribution < 1.29 is 14.3 Å². The highest BCUT2D eigenvalue weighted by Crippen LogP contribution is 2.29. The molecule has 0 saturated carbocycles. The predicted octanol–water partition coefficient (Wildman–Crippen LogP) is 2.28. The number of para-hydroxylation sites is 1. The summed E-state index contributed by atoms with van der Waals surface area (Å²) in [7, 11) is 1.66. The van der Waals surface area contributed by atoms with Crippen molar-refractivity contribution in [3.05, 3.63) is 29.8 Å². The Hall–Kier alpha value is -1.59. The van der Waals surface area contributed by atoms with Crippen LogP contribution >= 0.6 is 0 Å². The standard InChI is InChI=1S/C19H30N2O3/c1-4-16(24-17-8-6-5-7-15(17)2)13-21-18(22)19(14-23-3)9-11-20-12-10-19/h5-8,16,20H,4,9-14H2,1-3H3,(H,21,22). The summed E-state index contributed by atoms with van der Waals surface area (Å²) in [6.07, 6.45) is 2.42. The first-order valence-electron chi connectivity index (χ1n) is 8.81. The first kappa shape index (κ1) is 18.7. The van der Waals surface area contributed by atoms with E-state index in [1.54, 1.807) is 7.11 Å². The van der Waals surface area contributed by atoms with Crippen LogP contribution in [0.4, 0.5) is 0 Å². The third kappa shape index (κ3) is 4.71. The molecule has 134 valence electrons. The largest absolute Gasteiger partial charge is 0.488 e. The van der Waals surface area contributed by atoms with E-state index in [0.717, 1.165) is 43.7 Å². The highest BCUT2D eigenvalue weighted by Gasteiger charge is 2.39. The molecule has 0 aliphatic carbocycles. The Morgan fingerprint density at radius 3 is 2.67 bits per heavy atom. The van der Waals surface area contributed by atoms with E-state index in [2.05, 4.69) is 17.6 Å². The zero-order valence-electron chi connectivity index (χ0n) is 15.1. The van der Waals surface area contributed by atoms with Crippen molar-refractivity contribution in [2.45, 2.75) is 39.2 Å². The third-order valence-corrected chi connectivity index (χ3v) is 4.80. The van der Waals surface area contributed by atoms with Gasteiger partial charge in [-0.2, -0.15) is 0 Å². The van der Waals surface area contributed by atoms with Crippen molar-refractivity contribution in [2.24, 2.45) is 5.41 Å². The van der Waals surface area contributed by atoms with Crippen LogP contribution in [0, 0.1) is 12.3 Å². The van der Waals surface area contributed by atoms with Crippen LogP contribution in [0.3, 0.4) is 0 Å². The second-order valence-electron chi connectivity index (χ2n) is 6.59. The minimum Gasteiger partial charge on any atom is -0.488 e. The minimum atomic E-state index is -0.416. The lowest BCUT2D eigenvalue weighted by Crippen LogP contribution is -2.51. The second-order valence-corrected chi connectivity index (χ2v) is 6.59. The van der Waals surface area contributed by atoms with Gasteiger partial charge in [-0.15, -0.1) is 0 Å². The number of methoxy groups -OCH3 is 1. The van der Waals surface area contributed by atoms with Gasteiger partial charge in [-0.1, -0.05) is 25.1 Å². The van der Waals surface area contributed by atoms with Crippen LogP contribution in [0.15, 0.2) is 24.3 Å². The maximum absolute atomic E-state index is 12.8. The van der Waals surface area contributed by atoms with Crippen molar-refractivity contribution in [3.63, 3.8) is 0 Å². The molecule has 0 bridgehead atoms. The summed E-state index contributed by atoms with van der Waals surface area (Å²) in [6.45, 7) is 6.80. The van der Waals surface area contributed by atoms with Gasteiger partial charge < -0.3 is 20.1 Å². The SMILES string of the molecule is CCC(CNC(=O)C1(COC)CCNCC1)Oc1ccccc1C. The fraction of sp³-hybridized carbons (Fsp3) is 0.632. The zero-order valence-corrected chi connectivity index (χ0v) is 15.1. The molecule has 0 spiro atoms. The van der Waals surface area contributed by atoms with Gasteiger partial charge in [0.15, 0.2) is 0 Å². The van der Waals surface area contributed by atoms with E-state index in [1.807, 2.05) is 31.2 Å². The molecule has 1 aromatic carbocycles. The number of nitrogens with one attached hydrogen (secondary N) is 2. The van der Waals surface area contributed by atoms with Gasteiger partial charge in [-0.05, 0) is 50.9 Å². The number of carbonyl (C=O) groups excluding carboxylic acids is 1. The number of benzene rings is 1. The molecule has 5 heteroatoms. The Bertz CT molecular complexity index is 522. The lowest BCUT2D eigenvalue weighted by atomic mass is 9.78. The van der Waals surface area contributed by atoms with E-state index in [9.17, 15) is 4.79 Å². The molecule has 0 radical (unpaired) electrons. The Balaban J connectivity index is 1.93. The number of carbonyl (C=O) groups is 1. The average molecular weight is 334 g/mol. The molecular formula is C19H30N2O3. The maximum atomic E-state index is 12.8. The van der Waals surface area contributed by atoms with Crippen LogP contribution in [0.2, 0.25) is 0 Å². The van der Waals surface area contributed by atoms with E-state index < -0.39 is 5.41 Å². The fourth-order valence-electron chi connectivity index (χ4n) is 3.15. The molecule has 1 heterocycles. The van der Waals surface area contributed by atoms with E-state index in [-0.39, 0.29) is 12.0 Å². The van der Waals surface area contributed by atoms with Crippen molar-refractivity contribution in [3.8, 4) is 5.75 Å². The molecule has 5 nitrogen and oxygen atoms in total. The summed E-state index contributed by atoms with van der Waals surface area (Å²) in [5.41, 5.74) is 0.692. The molecular weight excluding hydrogens is 304 g/mol. The summed E-state index contributed by atoms with van der Waals surface area (Å²) >= 11 is 0. The summed E-state index contributed by atoms with van der Waals surface area (Å²) < 4.78 is 11.4. The monoisotopic (exact) mass is 334 g/mol. The molecule has 1 aliphatic rings. The van der Waals surface area contributed by atoms with Crippen LogP contribution < -0.4 is 15.4 Å². The molecule has 1 unspecified atom stereocenters. The highest BCUT2D eigenvalue weighted by atomic mass is 16.5. The summed E-state index contributed by atoms with van der Waals surface area (Å²) in [5.74, 6) is 0.963. The molecule has 0 aromatic heterocycles. The smallest absolute Gasteiger partial charge is 0.228 e. The van der Waals surface area contributed by atoms with E-state index in [1.165, 1.54) is 0 Å². The number of hydrogen-bond acceptors (Lipinski definition) is 4. The number of aryl methyl sites for hydroxylation is 1. The zero-order chi connectivity index (χ0) is 17.4. The number of amides is 1. The molecule has 1 aliphatic heterocycles. The Kier molecular flexibility index (Phi) is 7.06. The van der Waals surface area contributed by atoms with Gasteiger partial charge in [0.25, 0.3) is 0 Å². The van der Waals surface area contributed by atoms with Gasteiger partial charge in [-0.3, -0.25) is 4.79 Å². The third-order valence-electron chi connectivity index (χ3n) is 4.80. The van der Waals surface area contributed by atoms with Crippen molar-refractivity contribution in [1.82, 2.24) is 10.6 Å². The quantitative estimate of drug-likeness (QED) is 0.766. The first-order valence-corrected chi connectivity index (χ1v) is 8.81. The molecule has 1 atom stereocenters. The van der Waals surface area contributed by atoms with Gasteiger partial charge in [-0.25, -0.2) is 0 Å². The van der Waals surface area contributed by atoms with Crippen LogP contribution in [-0.4, -0.2) is 45.4 Å². The summed E-state index contributed by atoms with van der Waals surface area (Å²) in [4.78, 5) is 12.8. The molecule has 1 saturated heterocycles. The fourth-order valence-corrected chi connectivity index (χ4v) is 3.15. The molecule has 2 N–H and O–H groups in total. The topological polar surface area (TPSA) is 59.6 Å². The van der Waals surface area contributed by atoms with Gasteiger partial charge in [0.05, 0.1) is 18.6 Å². The Morgan fingerprint density at radius 2 is 2.04 bits per heavy atom. The molecule has 1 fully saturated rings. The highest BCUT2D eigenvalue weighted by molar-refractivity contribution is 5.83. The van der Waals surface area contributed by atoms with Crippen LogP contribution in [0.25, 0.3) is 0 Å². The number of hydrogen-bond donors (Lipinski definition) is 2. The van der Waals surface area contributed by atoms with Crippen LogP contribution in [0.5, 0.6) is 5.75 Å². The lowest BCUT2D eigenvalue weighted by Gasteiger charge is -2.36. The van der Waals surface area contributed by atoms with E-state index >= 15 is 0 Å². The van der Waals surface area contributed by atoms with Gasteiger partial charge >= 0.3 is 0 Å². The lowest BCUT2D eigenvalue weighted by molar-refractivity contribution is -0.136.